The van der Waals surface area contributed by atoms with Gasteiger partial charge in [0.15, 0.2) is 10.8 Å². The molecule has 136 valence electrons. The largest absolute Gasteiger partial charge is 0.497 e. The van der Waals surface area contributed by atoms with Crippen molar-refractivity contribution < 1.29 is 14.3 Å². The van der Waals surface area contributed by atoms with Crippen molar-refractivity contribution in [2.24, 2.45) is 0 Å². The van der Waals surface area contributed by atoms with Crippen LogP contribution in [0.25, 0.3) is 22.2 Å². The van der Waals surface area contributed by atoms with Crippen LogP contribution in [-0.4, -0.2) is 35.3 Å². The molecule has 0 aliphatic carbocycles. The highest BCUT2D eigenvalue weighted by Crippen LogP contribution is 2.35. The number of hydrogen-bond acceptors (Lipinski definition) is 6. The van der Waals surface area contributed by atoms with Gasteiger partial charge in [0.25, 0.3) is 5.91 Å². The number of methoxy groups -OCH3 is 2. The van der Waals surface area contributed by atoms with Crippen molar-refractivity contribution >= 4 is 33.3 Å². The molecule has 2 N–H and O–H groups in total. The van der Waals surface area contributed by atoms with Crippen LogP contribution in [0.5, 0.6) is 11.5 Å². The summed E-state index contributed by atoms with van der Waals surface area (Å²) in [4.78, 5) is 17.1. The Hall–Kier alpha value is -3.39. The number of benzene rings is 2. The van der Waals surface area contributed by atoms with Gasteiger partial charge in [0.2, 0.25) is 0 Å². The number of anilines is 1. The zero-order chi connectivity index (χ0) is 18.8. The predicted octanol–water partition coefficient (Wildman–Crippen LogP) is 3.96. The Morgan fingerprint density at radius 1 is 1.15 bits per heavy atom. The number of aromatic amines is 1. The van der Waals surface area contributed by atoms with Crippen LogP contribution in [0.4, 0.5) is 5.13 Å². The third-order valence-corrected chi connectivity index (χ3v) is 4.85. The van der Waals surface area contributed by atoms with Crippen molar-refractivity contribution in [3.63, 3.8) is 0 Å². The molecule has 0 saturated heterocycles. The van der Waals surface area contributed by atoms with Crippen LogP contribution in [-0.2, 0) is 0 Å². The number of rotatable bonds is 5. The van der Waals surface area contributed by atoms with E-state index < -0.39 is 0 Å². The minimum Gasteiger partial charge on any atom is -0.497 e. The third kappa shape index (κ3) is 3.22. The van der Waals surface area contributed by atoms with E-state index in [0.717, 1.165) is 16.5 Å². The summed E-state index contributed by atoms with van der Waals surface area (Å²) in [5, 5.41) is 12.9. The van der Waals surface area contributed by atoms with Crippen molar-refractivity contribution in [2.75, 3.05) is 19.5 Å². The summed E-state index contributed by atoms with van der Waals surface area (Å²) in [5.74, 6) is 1.07. The number of thiazole rings is 1. The maximum atomic E-state index is 12.6. The molecule has 0 aliphatic heterocycles. The fraction of sp³-hybridized carbons (Fsp3) is 0.105. The van der Waals surface area contributed by atoms with Gasteiger partial charge in [-0.15, -0.1) is 11.3 Å². The highest BCUT2D eigenvalue weighted by molar-refractivity contribution is 7.14. The van der Waals surface area contributed by atoms with Crippen molar-refractivity contribution in [3.8, 4) is 22.8 Å². The SMILES string of the molecule is COc1ccc(OC)c(-c2csc(NC(=O)c3n[nH]c4ccccc34)n2)c1. The van der Waals surface area contributed by atoms with Crippen LogP contribution in [0.3, 0.4) is 0 Å². The second-order valence-electron chi connectivity index (χ2n) is 5.68. The summed E-state index contributed by atoms with van der Waals surface area (Å²) in [7, 11) is 3.20. The fourth-order valence-electron chi connectivity index (χ4n) is 2.76. The molecule has 0 aliphatic rings. The zero-order valence-corrected chi connectivity index (χ0v) is 15.5. The first-order chi connectivity index (χ1) is 13.2. The van der Waals surface area contributed by atoms with Gasteiger partial charge in [0.1, 0.15) is 11.5 Å². The Labute approximate surface area is 159 Å². The molecule has 0 unspecified atom stereocenters. The molecule has 27 heavy (non-hydrogen) atoms. The number of carbonyl (C=O) groups is 1. The van der Waals surface area contributed by atoms with Crippen LogP contribution in [0.1, 0.15) is 10.5 Å². The molecule has 0 spiro atoms. The number of ether oxygens (including phenoxy) is 2. The number of nitrogens with zero attached hydrogens (tertiary/aromatic N) is 2. The minimum absolute atomic E-state index is 0.314. The lowest BCUT2D eigenvalue weighted by molar-refractivity contribution is 0.102. The van der Waals surface area contributed by atoms with Gasteiger partial charge in [-0.25, -0.2) is 4.98 Å². The number of H-pyrrole nitrogens is 1. The number of fused-ring (bicyclic) bond motifs is 1. The van der Waals surface area contributed by atoms with E-state index in [1.165, 1.54) is 11.3 Å². The highest BCUT2D eigenvalue weighted by Gasteiger charge is 2.17. The summed E-state index contributed by atoms with van der Waals surface area (Å²) in [6.07, 6.45) is 0. The van der Waals surface area contributed by atoms with Crippen LogP contribution in [0, 0.1) is 0 Å². The van der Waals surface area contributed by atoms with E-state index >= 15 is 0 Å². The van der Waals surface area contributed by atoms with Crippen molar-refractivity contribution in [1.29, 1.82) is 0 Å². The smallest absolute Gasteiger partial charge is 0.278 e. The van der Waals surface area contributed by atoms with Crippen LogP contribution in [0.15, 0.2) is 47.8 Å². The minimum atomic E-state index is -0.314. The monoisotopic (exact) mass is 380 g/mol. The normalized spacial score (nSPS) is 10.7. The van der Waals surface area contributed by atoms with Gasteiger partial charge in [0.05, 0.1) is 25.4 Å². The van der Waals surface area contributed by atoms with E-state index in [0.29, 0.717) is 28.0 Å². The molecular formula is C19H16N4O3S. The molecule has 2 aromatic heterocycles. The molecule has 7 nitrogen and oxygen atoms in total. The lowest BCUT2D eigenvalue weighted by Gasteiger charge is -2.08. The third-order valence-electron chi connectivity index (χ3n) is 4.09. The molecule has 2 heterocycles. The molecule has 8 heteroatoms. The highest BCUT2D eigenvalue weighted by atomic mass is 32.1. The van der Waals surface area contributed by atoms with E-state index in [4.69, 9.17) is 9.47 Å². The maximum absolute atomic E-state index is 12.6. The molecule has 1 amide bonds. The number of para-hydroxylation sites is 1. The van der Waals surface area contributed by atoms with Crippen LogP contribution >= 0.6 is 11.3 Å². The van der Waals surface area contributed by atoms with Gasteiger partial charge in [-0.2, -0.15) is 5.10 Å². The second-order valence-corrected chi connectivity index (χ2v) is 6.53. The summed E-state index contributed by atoms with van der Waals surface area (Å²) >= 11 is 1.33. The number of hydrogen-bond donors (Lipinski definition) is 2. The predicted molar refractivity (Wildman–Crippen MR) is 105 cm³/mol. The molecule has 0 fully saturated rings. The molecule has 0 saturated carbocycles. The molecule has 4 aromatic rings. The fourth-order valence-corrected chi connectivity index (χ4v) is 3.47. The van der Waals surface area contributed by atoms with E-state index in [-0.39, 0.29) is 5.91 Å². The van der Waals surface area contributed by atoms with E-state index in [1.54, 1.807) is 14.2 Å². The number of amides is 1. The second kappa shape index (κ2) is 7.08. The Morgan fingerprint density at radius 3 is 2.81 bits per heavy atom. The Kier molecular flexibility index (Phi) is 4.47. The van der Waals surface area contributed by atoms with Gasteiger partial charge in [-0.3, -0.25) is 15.2 Å². The number of aromatic nitrogens is 3. The van der Waals surface area contributed by atoms with Crippen molar-refractivity contribution in [1.82, 2.24) is 15.2 Å². The molecule has 0 atom stereocenters. The number of nitrogens with one attached hydrogen (secondary N) is 2. The first kappa shape index (κ1) is 17.0. The van der Waals surface area contributed by atoms with Crippen LogP contribution in [0.2, 0.25) is 0 Å². The maximum Gasteiger partial charge on any atom is 0.278 e. The molecule has 0 radical (unpaired) electrons. The summed E-state index contributed by atoms with van der Waals surface area (Å²) < 4.78 is 10.7. The average molecular weight is 380 g/mol. The zero-order valence-electron chi connectivity index (χ0n) is 14.6. The Balaban J connectivity index is 1.61. The van der Waals surface area contributed by atoms with Gasteiger partial charge in [-0.1, -0.05) is 18.2 Å². The standard InChI is InChI=1S/C19H16N4O3S/c1-25-11-7-8-16(26-2)13(9-11)15-10-27-19(20-15)21-18(24)17-12-5-3-4-6-14(12)22-23-17/h3-10H,1-2H3,(H,22,23)(H,20,21,24). The average Bonchev–Trinajstić information content (AvgIpc) is 3.34. The Morgan fingerprint density at radius 2 is 2.00 bits per heavy atom. The van der Waals surface area contributed by atoms with E-state index in [1.807, 2.05) is 47.8 Å². The first-order valence-corrected chi connectivity index (χ1v) is 9.00. The van der Waals surface area contributed by atoms with Crippen molar-refractivity contribution in [3.05, 3.63) is 53.5 Å². The van der Waals surface area contributed by atoms with Crippen molar-refractivity contribution in [2.45, 2.75) is 0 Å². The number of carbonyl (C=O) groups excluding carboxylic acids is 1. The Bertz CT molecular complexity index is 1120. The molecule has 0 bridgehead atoms. The lowest BCUT2D eigenvalue weighted by atomic mass is 10.1. The first-order valence-electron chi connectivity index (χ1n) is 8.12. The van der Waals surface area contributed by atoms with E-state index in [2.05, 4.69) is 20.5 Å². The molecular weight excluding hydrogens is 364 g/mol. The summed E-state index contributed by atoms with van der Waals surface area (Å²) in [5.41, 5.74) is 2.63. The van der Waals surface area contributed by atoms with Crippen LogP contribution < -0.4 is 14.8 Å². The lowest BCUT2D eigenvalue weighted by Crippen LogP contribution is -2.12. The molecule has 2 aromatic carbocycles. The van der Waals surface area contributed by atoms with Gasteiger partial charge < -0.3 is 9.47 Å². The topological polar surface area (TPSA) is 89.1 Å². The quantitative estimate of drug-likeness (QED) is 0.547. The summed E-state index contributed by atoms with van der Waals surface area (Å²) in [6.45, 7) is 0. The summed E-state index contributed by atoms with van der Waals surface area (Å²) in [6, 6.07) is 13.0. The molecule has 4 rings (SSSR count). The van der Waals surface area contributed by atoms with Gasteiger partial charge >= 0.3 is 0 Å². The van der Waals surface area contributed by atoms with E-state index in [9.17, 15) is 4.79 Å². The van der Waals surface area contributed by atoms with Gasteiger partial charge in [0, 0.05) is 16.3 Å². The van der Waals surface area contributed by atoms with Gasteiger partial charge in [-0.05, 0) is 24.3 Å².